The smallest absolute Gasteiger partial charge is 0.372 e. The third-order valence-electron chi connectivity index (χ3n) is 5.83. The quantitative estimate of drug-likeness (QED) is 0.318. The molecule has 1 unspecified atom stereocenters. The van der Waals surface area contributed by atoms with Crippen LogP contribution in [0.5, 0.6) is 0 Å². The van der Waals surface area contributed by atoms with Crippen LogP contribution in [0.4, 0.5) is 18.9 Å². The van der Waals surface area contributed by atoms with Crippen LogP contribution in [0.25, 0.3) is 22.2 Å². The van der Waals surface area contributed by atoms with Gasteiger partial charge < -0.3 is 19.9 Å². The average molecular weight is 571 g/mol. The molecule has 0 aromatic carbocycles. The van der Waals surface area contributed by atoms with Crippen LogP contribution >= 0.6 is 0 Å². The summed E-state index contributed by atoms with van der Waals surface area (Å²) in [4.78, 5) is 21.2. The fourth-order valence-electron chi connectivity index (χ4n) is 3.82. The highest BCUT2D eigenvalue weighted by Crippen LogP contribution is 2.33. The number of nitrogens with zero attached hydrogens (tertiary/aromatic N) is 4. The van der Waals surface area contributed by atoms with Crippen LogP contribution in [0, 0.1) is 5.92 Å². The number of aromatic nitrogens is 3. The Morgan fingerprint density at radius 3 is 2.51 bits per heavy atom. The summed E-state index contributed by atoms with van der Waals surface area (Å²) in [6.07, 6.45) is 2.38. The highest BCUT2D eigenvalue weighted by atomic mass is 32.2. The van der Waals surface area contributed by atoms with Gasteiger partial charge in [0, 0.05) is 62.0 Å². The minimum absolute atomic E-state index is 0.0110. The van der Waals surface area contributed by atoms with Crippen molar-refractivity contribution in [1.29, 1.82) is 0 Å². The van der Waals surface area contributed by atoms with E-state index in [2.05, 4.69) is 15.3 Å². The Labute approximate surface area is 225 Å². The molecule has 3 aromatic heterocycles. The molecule has 0 saturated carbocycles. The molecule has 10 nitrogen and oxygen atoms in total. The minimum atomic E-state index is -4.53. The largest absolute Gasteiger partial charge is 0.405 e. The maximum absolute atomic E-state index is 12.8. The fourth-order valence-corrected chi connectivity index (χ4v) is 4.69. The van der Waals surface area contributed by atoms with Crippen LogP contribution in [0.2, 0.25) is 0 Å². The van der Waals surface area contributed by atoms with Gasteiger partial charge >= 0.3 is 6.18 Å². The summed E-state index contributed by atoms with van der Waals surface area (Å²) in [6.45, 7) is 4.69. The Morgan fingerprint density at radius 2 is 1.90 bits per heavy atom. The second-order valence-corrected chi connectivity index (χ2v) is 11.7. The number of amides is 1. The summed E-state index contributed by atoms with van der Waals surface area (Å²) in [5, 5.41) is 5.44. The first-order valence-electron chi connectivity index (χ1n) is 12.3. The van der Waals surface area contributed by atoms with Crippen molar-refractivity contribution in [1.82, 2.24) is 24.2 Å². The molecule has 0 aliphatic heterocycles. The molecule has 14 heteroatoms. The Morgan fingerprint density at radius 1 is 1.18 bits per heavy atom. The SMILES string of the molecule is CCCOCn1cc(-c2cncc(NC(C(=O)NCC(F)(F)F)C(C)C)c2)c2cc(S(=O)(=O)N(C)C)cnc21. The number of pyridine rings is 2. The van der Waals surface area contributed by atoms with Gasteiger partial charge in [-0.2, -0.15) is 13.2 Å². The van der Waals surface area contributed by atoms with Gasteiger partial charge in [-0.1, -0.05) is 20.8 Å². The average Bonchev–Trinajstić information content (AvgIpc) is 3.23. The molecule has 1 amide bonds. The zero-order chi connectivity index (χ0) is 29.0. The molecule has 0 radical (unpaired) electrons. The van der Waals surface area contributed by atoms with E-state index >= 15 is 0 Å². The predicted octanol–water partition coefficient (Wildman–Crippen LogP) is 3.85. The Kier molecular flexibility index (Phi) is 9.56. The summed E-state index contributed by atoms with van der Waals surface area (Å²) in [7, 11) is -0.901. The van der Waals surface area contributed by atoms with Gasteiger partial charge in [-0.25, -0.2) is 17.7 Å². The minimum Gasteiger partial charge on any atom is -0.372 e. The molecule has 0 aliphatic rings. The van der Waals surface area contributed by atoms with Crippen molar-refractivity contribution in [3.8, 4) is 11.1 Å². The predicted molar refractivity (Wildman–Crippen MR) is 141 cm³/mol. The lowest BCUT2D eigenvalue weighted by Gasteiger charge is -2.23. The van der Waals surface area contributed by atoms with Crippen molar-refractivity contribution in [2.24, 2.45) is 5.92 Å². The van der Waals surface area contributed by atoms with Crippen LogP contribution < -0.4 is 10.6 Å². The number of hydrogen-bond donors (Lipinski definition) is 2. The number of rotatable bonds is 12. The molecule has 0 fully saturated rings. The van der Waals surface area contributed by atoms with Crippen LogP contribution in [0.15, 0.2) is 41.8 Å². The van der Waals surface area contributed by atoms with E-state index in [0.717, 1.165) is 10.7 Å². The van der Waals surface area contributed by atoms with E-state index in [1.807, 2.05) is 12.2 Å². The number of fused-ring (bicyclic) bond motifs is 1. The molecule has 0 spiro atoms. The molecule has 0 bridgehead atoms. The van der Waals surface area contributed by atoms with Crippen molar-refractivity contribution in [2.45, 2.75) is 51.0 Å². The standard InChI is InChI=1S/C25H33F3N6O4S/c1-6-7-38-15-34-13-21(20-9-19(12-30-23(20)34)39(36,37)33(4)5)17-8-18(11-29-10-17)32-22(16(2)3)24(35)31-14-25(26,27)28/h8-13,16,22,32H,6-7,14-15H2,1-5H3,(H,31,35). The molecule has 3 heterocycles. The van der Waals surface area contributed by atoms with Crippen LogP contribution in [-0.4, -0.2) is 72.6 Å². The van der Waals surface area contributed by atoms with Crippen molar-refractivity contribution >= 4 is 32.7 Å². The normalized spacial score (nSPS) is 13.3. The Bertz CT molecular complexity index is 1410. The molecule has 0 saturated heterocycles. The summed E-state index contributed by atoms with van der Waals surface area (Å²) in [5.41, 5.74) is 2.11. The summed E-state index contributed by atoms with van der Waals surface area (Å²) >= 11 is 0. The van der Waals surface area contributed by atoms with E-state index < -0.39 is 34.7 Å². The van der Waals surface area contributed by atoms with E-state index in [1.54, 1.807) is 36.9 Å². The highest BCUT2D eigenvalue weighted by Gasteiger charge is 2.30. The second kappa shape index (κ2) is 12.3. The zero-order valence-electron chi connectivity index (χ0n) is 22.4. The third kappa shape index (κ3) is 7.46. The topological polar surface area (TPSA) is 118 Å². The summed E-state index contributed by atoms with van der Waals surface area (Å²) < 4.78 is 72.0. The molecular weight excluding hydrogens is 537 g/mol. The first-order valence-corrected chi connectivity index (χ1v) is 13.7. The highest BCUT2D eigenvalue weighted by molar-refractivity contribution is 7.89. The number of halogens is 3. The fraction of sp³-hybridized carbons (Fsp3) is 0.480. The van der Waals surface area contributed by atoms with Gasteiger partial charge in [-0.15, -0.1) is 0 Å². The molecule has 2 N–H and O–H groups in total. The van der Waals surface area contributed by atoms with E-state index in [-0.39, 0.29) is 17.5 Å². The van der Waals surface area contributed by atoms with Crippen molar-refractivity contribution < 1.29 is 31.1 Å². The molecular formula is C25H33F3N6O4S. The van der Waals surface area contributed by atoms with Gasteiger partial charge in [-0.05, 0) is 24.5 Å². The van der Waals surface area contributed by atoms with Crippen molar-refractivity contribution in [3.63, 3.8) is 0 Å². The van der Waals surface area contributed by atoms with E-state index in [9.17, 15) is 26.4 Å². The number of ether oxygens (including phenoxy) is 1. The molecule has 0 aliphatic carbocycles. The molecule has 39 heavy (non-hydrogen) atoms. The number of carbonyl (C=O) groups excluding carboxylic acids is 1. The van der Waals surface area contributed by atoms with Crippen molar-refractivity contribution in [2.75, 3.05) is 32.6 Å². The van der Waals surface area contributed by atoms with Gasteiger partial charge in [0.1, 0.15) is 29.9 Å². The first-order chi connectivity index (χ1) is 18.2. The number of nitrogens with one attached hydrogen (secondary N) is 2. The summed E-state index contributed by atoms with van der Waals surface area (Å²) in [6, 6.07) is 2.27. The number of sulfonamides is 1. The molecule has 214 valence electrons. The zero-order valence-corrected chi connectivity index (χ0v) is 23.2. The summed E-state index contributed by atoms with van der Waals surface area (Å²) in [5.74, 6) is -1.12. The second-order valence-electron chi connectivity index (χ2n) is 9.54. The van der Waals surface area contributed by atoms with Gasteiger partial charge in [0.25, 0.3) is 0 Å². The van der Waals surface area contributed by atoms with Crippen molar-refractivity contribution in [3.05, 3.63) is 36.9 Å². The van der Waals surface area contributed by atoms with Crippen LogP contribution in [0.1, 0.15) is 27.2 Å². The van der Waals surface area contributed by atoms with Gasteiger partial charge in [0.05, 0.1) is 5.69 Å². The Balaban J connectivity index is 2.03. The number of hydrogen-bond acceptors (Lipinski definition) is 7. The monoisotopic (exact) mass is 570 g/mol. The maximum atomic E-state index is 12.8. The number of carbonyl (C=O) groups is 1. The Hall–Kier alpha value is -3.23. The van der Waals surface area contributed by atoms with Crippen LogP contribution in [0.3, 0.4) is 0 Å². The third-order valence-corrected chi connectivity index (χ3v) is 7.61. The molecule has 3 rings (SSSR count). The number of alkyl halides is 3. The van der Waals surface area contributed by atoms with E-state index in [4.69, 9.17) is 4.74 Å². The van der Waals surface area contributed by atoms with Crippen LogP contribution in [-0.2, 0) is 26.3 Å². The van der Waals surface area contributed by atoms with Gasteiger partial charge in [0.15, 0.2) is 0 Å². The lowest BCUT2D eigenvalue weighted by atomic mass is 10.0. The lowest BCUT2D eigenvalue weighted by Crippen LogP contribution is -2.46. The maximum Gasteiger partial charge on any atom is 0.405 e. The van der Waals surface area contributed by atoms with E-state index in [0.29, 0.717) is 34.5 Å². The van der Waals surface area contributed by atoms with E-state index in [1.165, 1.54) is 32.6 Å². The molecule has 3 aromatic rings. The van der Waals surface area contributed by atoms with Gasteiger partial charge in [0.2, 0.25) is 15.9 Å². The molecule has 1 atom stereocenters. The lowest BCUT2D eigenvalue weighted by molar-refractivity contribution is -0.139. The van der Waals surface area contributed by atoms with Gasteiger partial charge in [-0.3, -0.25) is 9.78 Å². The first kappa shape index (κ1) is 30.3. The number of anilines is 1.